The van der Waals surface area contributed by atoms with Gasteiger partial charge in [0, 0.05) is 5.70 Å². The van der Waals surface area contributed by atoms with E-state index in [1.807, 2.05) is 0 Å². The second kappa shape index (κ2) is 3.43. The molecule has 0 aromatic carbocycles. The van der Waals surface area contributed by atoms with Crippen LogP contribution in [0.4, 0.5) is 26.3 Å². The zero-order valence-corrected chi connectivity index (χ0v) is 8.21. The summed E-state index contributed by atoms with van der Waals surface area (Å²) in [6.07, 6.45) is -8.83. The average molecular weight is 245 g/mol. The number of rotatable bonds is 0. The molecule has 0 fully saturated rings. The van der Waals surface area contributed by atoms with E-state index in [1.54, 1.807) is 0 Å². The maximum atomic E-state index is 12.6. The van der Waals surface area contributed by atoms with Crippen molar-refractivity contribution in [2.75, 3.05) is 0 Å². The Hall–Kier alpha value is -1.14. The second-order valence-electron chi connectivity index (χ2n) is 3.76. The SMILES string of the molecule is CC1(C(F)(F)F)CC=CC(C(F)(F)F)=C1N. The van der Waals surface area contributed by atoms with Crippen LogP contribution in [-0.2, 0) is 0 Å². The highest BCUT2D eigenvalue weighted by Gasteiger charge is 2.55. The molecule has 0 radical (unpaired) electrons. The van der Waals surface area contributed by atoms with Crippen LogP contribution < -0.4 is 5.73 Å². The first-order chi connectivity index (χ1) is 7.00. The van der Waals surface area contributed by atoms with E-state index < -0.39 is 35.5 Å². The van der Waals surface area contributed by atoms with Crippen molar-refractivity contribution in [1.82, 2.24) is 0 Å². The maximum absolute atomic E-state index is 12.6. The Kier molecular flexibility index (Phi) is 2.77. The minimum absolute atomic E-state index is 0.581. The molecule has 0 aromatic heterocycles. The Bertz CT molecular complexity index is 348. The molecule has 1 aliphatic carbocycles. The van der Waals surface area contributed by atoms with Crippen molar-refractivity contribution >= 4 is 0 Å². The Morgan fingerprint density at radius 1 is 1.19 bits per heavy atom. The lowest BCUT2D eigenvalue weighted by molar-refractivity contribution is -0.205. The van der Waals surface area contributed by atoms with Crippen LogP contribution in [0.25, 0.3) is 0 Å². The van der Waals surface area contributed by atoms with Gasteiger partial charge < -0.3 is 5.73 Å². The first-order valence-electron chi connectivity index (χ1n) is 4.31. The van der Waals surface area contributed by atoms with Gasteiger partial charge in [0.2, 0.25) is 0 Å². The van der Waals surface area contributed by atoms with E-state index in [2.05, 4.69) is 0 Å². The fourth-order valence-electron chi connectivity index (χ4n) is 1.43. The fraction of sp³-hybridized carbons (Fsp3) is 0.556. The normalized spacial score (nSPS) is 27.4. The van der Waals surface area contributed by atoms with Crippen LogP contribution in [0.15, 0.2) is 23.4 Å². The molecule has 0 saturated heterocycles. The van der Waals surface area contributed by atoms with Crippen molar-refractivity contribution in [2.45, 2.75) is 25.7 Å². The molecule has 0 saturated carbocycles. The predicted octanol–water partition coefficient (Wildman–Crippen LogP) is 3.29. The van der Waals surface area contributed by atoms with Crippen LogP contribution in [0.2, 0.25) is 0 Å². The molecular formula is C9H9F6N. The van der Waals surface area contributed by atoms with Crippen LogP contribution in [0, 0.1) is 5.41 Å². The molecule has 1 nitrogen and oxygen atoms in total. The largest absolute Gasteiger partial charge is 0.418 e. The van der Waals surface area contributed by atoms with Crippen LogP contribution in [0.1, 0.15) is 13.3 Å². The van der Waals surface area contributed by atoms with Gasteiger partial charge >= 0.3 is 12.4 Å². The first kappa shape index (κ1) is 12.9. The highest BCUT2D eigenvalue weighted by Crippen LogP contribution is 2.49. The van der Waals surface area contributed by atoms with Gasteiger partial charge in [0.25, 0.3) is 0 Å². The van der Waals surface area contributed by atoms with Crippen molar-refractivity contribution in [3.05, 3.63) is 23.4 Å². The second-order valence-corrected chi connectivity index (χ2v) is 3.76. The minimum atomic E-state index is -4.87. The summed E-state index contributed by atoms with van der Waals surface area (Å²) in [5.41, 5.74) is -0.217. The third-order valence-electron chi connectivity index (χ3n) is 2.63. The van der Waals surface area contributed by atoms with E-state index in [9.17, 15) is 26.3 Å². The zero-order valence-electron chi connectivity index (χ0n) is 8.21. The highest BCUT2D eigenvalue weighted by atomic mass is 19.4. The summed E-state index contributed by atoms with van der Waals surface area (Å²) in [6.45, 7) is 0.664. The Balaban J connectivity index is 3.31. The number of alkyl halides is 6. The van der Waals surface area contributed by atoms with Gasteiger partial charge in [0.15, 0.2) is 0 Å². The smallest absolute Gasteiger partial charge is 0.401 e. The van der Waals surface area contributed by atoms with E-state index in [-0.39, 0.29) is 0 Å². The lowest BCUT2D eigenvalue weighted by Crippen LogP contribution is -2.42. The molecule has 92 valence electrons. The molecule has 1 aliphatic rings. The molecule has 0 aromatic rings. The van der Waals surface area contributed by atoms with E-state index in [0.717, 1.165) is 6.08 Å². The number of allylic oxidation sites excluding steroid dienone is 4. The summed E-state index contributed by atoms with van der Waals surface area (Å²) in [5.74, 6) is 0. The zero-order chi connectivity index (χ0) is 12.8. The molecule has 0 amide bonds. The molecule has 7 heteroatoms. The highest BCUT2D eigenvalue weighted by molar-refractivity contribution is 5.37. The molecule has 0 spiro atoms. The van der Waals surface area contributed by atoms with Gasteiger partial charge in [-0.1, -0.05) is 12.2 Å². The van der Waals surface area contributed by atoms with Gasteiger partial charge in [-0.25, -0.2) is 0 Å². The van der Waals surface area contributed by atoms with Crippen molar-refractivity contribution in [3.8, 4) is 0 Å². The minimum Gasteiger partial charge on any atom is -0.401 e. The average Bonchev–Trinajstić information content (AvgIpc) is 2.05. The summed E-state index contributed by atoms with van der Waals surface area (Å²) in [6, 6.07) is 0. The van der Waals surface area contributed by atoms with Gasteiger partial charge in [0.1, 0.15) is 5.41 Å². The van der Waals surface area contributed by atoms with Gasteiger partial charge in [-0.05, 0) is 13.3 Å². The molecule has 0 aliphatic heterocycles. The molecule has 0 heterocycles. The van der Waals surface area contributed by atoms with E-state index in [0.29, 0.717) is 13.0 Å². The molecule has 1 rings (SSSR count). The lowest BCUT2D eigenvalue weighted by atomic mass is 9.77. The molecule has 2 N–H and O–H groups in total. The lowest BCUT2D eigenvalue weighted by Gasteiger charge is -2.35. The first-order valence-corrected chi connectivity index (χ1v) is 4.31. The van der Waals surface area contributed by atoms with Crippen molar-refractivity contribution in [3.63, 3.8) is 0 Å². The van der Waals surface area contributed by atoms with Crippen LogP contribution in [0.5, 0.6) is 0 Å². The monoisotopic (exact) mass is 245 g/mol. The van der Waals surface area contributed by atoms with Gasteiger partial charge in [0.05, 0.1) is 5.57 Å². The van der Waals surface area contributed by atoms with Crippen molar-refractivity contribution in [2.24, 2.45) is 11.1 Å². The summed E-state index contributed by atoms with van der Waals surface area (Å²) in [7, 11) is 0. The number of hydrogen-bond donors (Lipinski definition) is 1. The maximum Gasteiger partial charge on any atom is 0.418 e. The Morgan fingerprint density at radius 2 is 1.69 bits per heavy atom. The predicted molar refractivity (Wildman–Crippen MR) is 45.2 cm³/mol. The van der Waals surface area contributed by atoms with Gasteiger partial charge in [-0.2, -0.15) is 26.3 Å². The summed E-state index contributed by atoms with van der Waals surface area (Å²) >= 11 is 0. The van der Waals surface area contributed by atoms with E-state index in [1.165, 1.54) is 0 Å². The van der Waals surface area contributed by atoms with Crippen molar-refractivity contribution in [1.29, 1.82) is 0 Å². The topological polar surface area (TPSA) is 26.0 Å². The van der Waals surface area contributed by atoms with Crippen LogP contribution >= 0.6 is 0 Å². The van der Waals surface area contributed by atoms with Gasteiger partial charge in [-0.3, -0.25) is 0 Å². The Morgan fingerprint density at radius 3 is 2.06 bits per heavy atom. The molecule has 1 atom stereocenters. The third kappa shape index (κ3) is 1.90. The molecule has 0 bridgehead atoms. The standard InChI is InChI=1S/C9H9F6N/c1-7(9(13,14)15)4-2-3-5(6(7)16)8(10,11)12/h2-3H,4,16H2,1H3. The quantitative estimate of drug-likeness (QED) is 0.651. The van der Waals surface area contributed by atoms with E-state index >= 15 is 0 Å². The summed E-state index contributed by atoms with van der Waals surface area (Å²) < 4.78 is 75.0. The number of nitrogens with two attached hydrogens (primary N) is 1. The summed E-state index contributed by atoms with van der Waals surface area (Å²) in [4.78, 5) is 0. The number of hydrogen-bond acceptors (Lipinski definition) is 1. The van der Waals surface area contributed by atoms with Gasteiger partial charge in [-0.15, -0.1) is 0 Å². The van der Waals surface area contributed by atoms with E-state index in [4.69, 9.17) is 5.73 Å². The molecule has 1 unspecified atom stereocenters. The number of halogens is 6. The molecular weight excluding hydrogens is 236 g/mol. The fourth-order valence-corrected chi connectivity index (χ4v) is 1.43. The third-order valence-corrected chi connectivity index (χ3v) is 2.63. The molecule has 16 heavy (non-hydrogen) atoms. The van der Waals surface area contributed by atoms with Crippen LogP contribution in [0.3, 0.4) is 0 Å². The Labute approximate surface area is 87.6 Å². The van der Waals surface area contributed by atoms with Crippen molar-refractivity contribution < 1.29 is 26.3 Å². The summed E-state index contributed by atoms with van der Waals surface area (Å²) in [5, 5.41) is 0. The van der Waals surface area contributed by atoms with Crippen LogP contribution in [-0.4, -0.2) is 12.4 Å².